The van der Waals surface area contributed by atoms with Gasteiger partial charge in [-0.3, -0.25) is 0 Å². The molecule has 0 saturated heterocycles. The number of carbonyl (C=O) groups excluding carboxylic acids is 1. The first-order valence-corrected chi connectivity index (χ1v) is 5.60. The van der Waals surface area contributed by atoms with Crippen LogP contribution in [-0.2, 0) is 14.3 Å². The van der Waals surface area contributed by atoms with Crippen molar-refractivity contribution < 1.29 is 14.3 Å². The molecule has 4 heteroatoms. The van der Waals surface area contributed by atoms with Crippen molar-refractivity contribution in [2.45, 2.75) is 6.42 Å². The fraction of sp³-hybridized carbons (Fsp3) is 0.286. The third-order valence-electron chi connectivity index (χ3n) is 2.16. The van der Waals surface area contributed by atoms with E-state index in [9.17, 15) is 4.79 Å². The van der Waals surface area contributed by atoms with Crippen molar-refractivity contribution in [3.63, 3.8) is 0 Å². The predicted octanol–water partition coefficient (Wildman–Crippen LogP) is 2.15. The number of methoxy groups -OCH3 is 1. The summed E-state index contributed by atoms with van der Waals surface area (Å²) in [6.45, 7) is 0.913. The molecule has 1 aromatic rings. The Hall–Kier alpha value is -2.12. The standard InChI is InChI=1S/C14H15NO3/c1-17-8-3-9-18-14(16)7-6-12-4-2-5-13(10-12)11-15/h2,4-7,10H,3,8-9H2,1H3. The van der Waals surface area contributed by atoms with Crippen LogP contribution < -0.4 is 0 Å². The number of hydrogen-bond donors (Lipinski definition) is 0. The average molecular weight is 245 g/mol. The lowest BCUT2D eigenvalue weighted by molar-refractivity contribution is -0.138. The second-order valence-electron chi connectivity index (χ2n) is 3.58. The van der Waals surface area contributed by atoms with Crippen LogP contribution in [0.1, 0.15) is 17.5 Å². The van der Waals surface area contributed by atoms with Gasteiger partial charge in [-0.05, 0) is 23.8 Å². The summed E-state index contributed by atoms with van der Waals surface area (Å²) in [5.41, 5.74) is 1.36. The van der Waals surface area contributed by atoms with E-state index in [-0.39, 0.29) is 0 Å². The molecule has 1 rings (SSSR count). The van der Waals surface area contributed by atoms with Crippen molar-refractivity contribution in [1.82, 2.24) is 0 Å². The molecular formula is C14H15NO3. The number of nitrogens with zero attached hydrogens (tertiary/aromatic N) is 1. The molecule has 0 aliphatic heterocycles. The predicted molar refractivity (Wildman–Crippen MR) is 67.6 cm³/mol. The lowest BCUT2D eigenvalue weighted by Crippen LogP contribution is -2.04. The molecule has 4 nitrogen and oxygen atoms in total. The maximum atomic E-state index is 11.3. The minimum Gasteiger partial charge on any atom is -0.462 e. The molecule has 0 aromatic heterocycles. The van der Waals surface area contributed by atoms with Crippen LogP contribution in [-0.4, -0.2) is 26.3 Å². The van der Waals surface area contributed by atoms with Crippen LogP contribution in [0.3, 0.4) is 0 Å². The van der Waals surface area contributed by atoms with Crippen molar-refractivity contribution in [3.8, 4) is 6.07 Å². The molecule has 1 aromatic carbocycles. The number of carbonyl (C=O) groups is 1. The molecule has 0 saturated carbocycles. The molecule has 0 aliphatic carbocycles. The highest BCUT2D eigenvalue weighted by Gasteiger charge is 1.97. The van der Waals surface area contributed by atoms with E-state index in [2.05, 4.69) is 0 Å². The van der Waals surface area contributed by atoms with Gasteiger partial charge in [0.15, 0.2) is 0 Å². The normalized spacial score (nSPS) is 10.2. The molecule has 0 fully saturated rings. The van der Waals surface area contributed by atoms with Gasteiger partial charge < -0.3 is 9.47 Å². The van der Waals surface area contributed by atoms with Crippen LogP contribution >= 0.6 is 0 Å². The minimum atomic E-state index is -0.395. The largest absolute Gasteiger partial charge is 0.462 e. The number of benzene rings is 1. The molecule has 0 spiro atoms. The van der Waals surface area contributed by atoms with E-state index < -0.39 is 5.97 Å². The molecule has 18 heavy (non-hydrogen) atoms. The highest BCUT2D eigenvalue weighted by atomic mass is 16.5. The molecule has 0 N–H and O–H groups in total. The number of hydrogen-bond acceptors (Lipinski definition) is 4. The zero-order valence-electron chi connectivity index (χ0n) is 10.3. The zero-order chi connectivity index (χ0) is 13.2. The third kappa shape index (κ3) is 5.28. The van der Waals surface area contributed by atoms with Gasteiger partial charge in [0.05, 0.1) is 18.2 Å². The van der Waals surface area contributed by atoms with Crippen LogP contribution in [0.2, 0.25) is 0 Å². The average Bonchev–Trinajstić information content (AvgIpc) is 2.41. The van der Waals surface area contributed by atoms with Crippen LogP contribution in [0.25, 0.3) is 6.08 Å². The Balaban J connectivity index is 2.43. The van der Waals surface area contributed by atoms with Gasteiger partial charge in [0.2, 0.25) is 0 Å². The second-order valence-corrected chi connectivity index (χ2v) is 3.58. The van der Waals surface area contributed by atoms with Crippen molar-refractivity contribution in [1.29, 1.82) is 5.26 Å². The number of nitriles is 1. The molecular weight excluding hydrogens is 230 g/mol. The molecule has 0 unspecified atom stereocenters. The summed E-state index contributed by atoms with van der Waals surface area (Å²) in [5.74, 6) is -0.395. The molecule has 0 radical (unpaired) electrons. The first-order valence-electron chi connectivity index (χ1n) is 5.60. The Kier molecular flexibility index (Phi) is 6.23. The van der Waals surface area contributed by atoms with Gasteiger partial charge in [-0.25, -0.2) is 4.79 Å². The van der Waals surface area contributed by atoms with E-state index in [1.807, 2.05) is 12.1 Å². The maximum absolute atomic E-state index is 11.3. The van der Waals surface area contributed by atoms with E-state index in [0.29, 0.717) is 25.2 Å². The molecule has 0 bridgehead atoms. The maximum Gasteiger partial charge on any atom is 0.330 e. The van der Waals surface area contributed by atoms with Gasteiger partial charge in [0.1, 0.15) is 0 Å². The summed E-state index contributed by atoms with van der Waals surface area (Å²) in [5, 5.41) is 8.73. The Bertz CT molecular complexity index is 460. The molecule has 94 valence electrons. The van der Waals surface area contributed by atoms with Crippen LogP contribution in [0, 0.1) is 11.3 Å². The first kappa shape index (κ1) is 13.9. The van der Waals surface area contributed by atoms with E-state index in [4.69, 9.17) is 14.7 Å². The van der Waals surface area contributed by atoms with Crippen molar-refractivity contribution in [2.24, 2.45) is 0 Å². The van der Waals surface area contributed by atoms with Crippen LogP contribution in [0.5, 0.6) is 0 Å². The highest BCUT2D eigenvalue weighted by molar-refractivity contribution is 5.87. The summed E-state index contributed by atoms with van der Waals surface area (Å²) >= 11 is 0. The number of esters is 1. The first-order chi connectivity index (χ1) is 8.76. The topological polar surface area (TPSA) is 59.3 Å². The number of ether oxygens (including phenoxy) is 2. The summed E-state index contributed by atoms with van der Waals surface area (Å²) < 4.78 is 9.79. The molecule has 0 amide bonds. The van der Waals surface area contributed by atoms with Gasteiger partial charge in [-0.2, -0.15) is 5.26 Å². The van der Waals surface area contributed by atoms with Crippen LogP contribution in [0.4, 0.5) is 0 Å². The lowest BCUT2D eigenvalue weighted by atomic mass is 10.1. The van der Waals surface area contributed by atoms with E-state index in [0.717, 1.165) is 5.56 Å². The monoisotopic (exact) mass is 245 g/mol. The van der Waals surface area contributed by atoms with Gasteiger partial charge in [0.25, 0.3) is 0 Å². The fourth-order valence-electron chi connectivity index (χ4n) is 1.30. The second kappa shape index (κ2) is 8.04. The summed E-state index contributed by atoms with van der Waals surface area (Å²) in [4.78, 5) is 11.3. The van der Waals surface area contributed by atoms with E-state index in [1.165, 1.54) is 6.08 Å². The summed E-state index contributed by atoms with van der Waals surface area (Å²) in [7, 11) is 1.60. The van der Waals surface area contributed by atoms with E-state index >= 15 is 0 Å². The fourth-order valence-corrected chi connectivity index (χ4v) is 1.30. The molecule has 0 aliphatic rings. The lowest BCUT2D eigenvalue weighted by Gasteiger charge is -2.00. The van der Waals surface area contributed by atoms with Crippen molar-refractivity contribution in [2.75, 3.05) is 20.3 Å². The van der Waals surface area contributed by atoms with Gasteiger partial charge >= 0.3 is 5.97 Å². The Morgan fingerprint density at radius 2 is 2.28 bits per heavy atom. The summed E-state index contributed by atoms with van der Waals surface area (Å²) in [6.07, 6.45) is 3.66. The highest BCUT2D eigenvalue weighted by Crippen LogP contribution is 2.06. The van der Waals surface area contributed by atoms with Gasteiger partial charge in [-0.15, -0.1) is 0 Å². The Morgan fingerprint density at radius 3 is 3.00 bits per heavy atom. The summed E-state index contributed by atoms with van der Waals surface area (Å²) in [6, 6.07) is 9.03. The SMILES string of the molecule is COCCCOC(=O)C=Cc1cccc(C#N)c1. The van der Waals surface area contributed by atoms with Gasteiger partial charge in [-0.1, -0.05) is 12.1 Å². The quantitative estimate of drug-likeness (QED) is 0.437. The van der Waals surface area contributed by atoms with Crippen molar-refractivity contribution >= 4 is 12.0 Å². The third-order valence-corrected chi connectivity index (χ3v) is 2.16. The van der Waals surface area contributed by atoms with Crippen LogP contribution in [0.15, 0.2) is 30.3 Å². The van der Waals surface area contributed by atoms with E-state index in [1.54, 1.807) is 31.4 Å². The Labute approximate surface area is 106 Å². The molecule has 0 atom stereocenters. The van der Waals surface area contributed by atoms with Crippen molar-refractivity contribution in [3.05, 3.63) is 41.5 Å². The number of rotatable bonds is 6. The zero-order valence-corrected chi connectivity index (χ0v) is 10.3. The Morgan fingerprint density at radius 1 is 1.44 bits per heavy atom. The molecule has 0 heterocycles. The van der Waals surface area contributed by atoms with Gasteiger partial charge in [0, 0.05) is 26.2 Å². The smallest absolute Gasteiger partial charge is 0.330 e. The minimum absolute atomic E-state index is 0.343.